The van der Waals surface area contributed by atoms with Crippen LogP contribution >= 0.6 is 0 Å². The molecule has 0 heterocycles. The summed E-state index contributed by atoms with van der Waals surface area (Å²) in [7, 11) is -0.201. The average molecular weight is 298 g/mol. The predicted octanol–water partition coefficient (Wildman–Crippen LogP) is 0.217. The third-order valence-corrected chi connectivity index (χ3v) is 3.89. The first-order valence-electron chi connectivity index (χ1n) is 5.92. The van der Waals surface area contributed by atoms with Crippen molar-refractivity contribution in [2.45, 2.75) is 11.8 Å². The second-order valence-electron chi connectivity index (χ2n) is 4.72. The molecule has 0 aliphatic carbocycles. The zero-order valence-electron chi connectivity index (χ0n) is 11.9. The van der Waals surface area contributed by atoms with Crippen LogP contribution in [0.25, 0.3) is 0 Å². The van der Waals surface area contributed by atoms with Crippen molar-refractivity contribution >= 4 is 21.7 Å². The summed E-state index contributed by atoms with van der Waals surface area (Å²) in [6.45, 7) is 1.57. The Bertz CT molecular complexity index is 636. The van der Waals surface area contributed by atoms with E-state index in [1.54, 1.807) is 27.1 Å². The lowest BCUT2D eigenvalue weighted by atomic mass is 10.1. The van der Waals surface area contributed by atoms with Gasteiger partial charge in [-0.2, -0.15) is 0 Å². The lowest BCUT2D eigenvalue weighted by Crippen LogP contribution is -2.36. The Hall–Kier alpha value is -1.89. The lowest BCUT2D eigenvalue weighted by molar-refractivity contribution is -0.127. The van der Waals surface area contributed by atoms with Crippen molar-refractivity contribution in [1.29, 1.82) is 0 Å². The van der Waals surface area contributed by atoms with Gasteiger partial charge >= 0.3 is 0 Å². The molecule has 1 rings (SSSR count). The van der Waals surface area contributed by atoms with Gasteiger partial charge in [-0.25, -0.2) is 8.42 Å². The van der Waals surface area contributed by atoms with Crippen LogP contribution in [-0.2, 0) is 14.6 Å². The number of carbonyl (C=O) groups excluding carboxylic acids is 2. The van der Waals surface area contributed by atoms with Gasteiger partial charge in [0.1, 0.15) is 0 Å². The van der Waals surface area contributed by atoms with Crippen molar-refractivity contribution in [1.82, 2.24) is 10.2 Å². The molecule has 1 N–H and O–H groups in total. The van der Waals surface area contributed by atoms with Crippen LogP contribution < -0.4 is 5.32 Å². The molecule has 7 heteroatoms. The summed E-state index contributed by atoms with van der Waals surface area (Å²) >= 11 is 0. The minimum atomic E-state index is -3.38. The number of amides is 2. The SMILES string of the molecule is Cc1ccc(S(C)(=O)=O)cc1C(=O)NCC(=O)N(C)C. The maximum absolute atomic E-state index is 12.0. The molecule has 0 bridgehead atoms. The fourth-order valence-corrected chi connectivity index (χ4v) is 2.13. The van der Waals surface area contributed by atoms with E-state index in [0.717, 1.165) is 6.26 Å². The van der Waals surface area contributed by atoms with Gasteiger partial charge in [0.2, 0.25) is 5.91 Å². The molecule has 0 saturated heterocycles. The highest BCUT2D eigenvalue weighted by atomic mass is 32.2. The molecule has 20 heavy (non-hydrogen) atoms. The first kappa shape index (κ1) is 16.2. The second-order valence-corrected chi connectivity index (χ2v) is 6.74. The van der Waals surface area contributed by atoms with Crippen LogP contribution in [0.5, 0.6) is 0 Å². The van der Waals surface area contributed by atoms with Crippen LogP contribution in [-0.4, -0.2) is 52.0 Å². The molecular weight excluding hydrogens is 280 g/mol. The number of benzene rings is 1. The molecule has 0 saturated carbocycles. The van der Waals surface area contributed by atoms with Crippen LogP contribution in [0.4, 0.5) is 0 Å². The molecule has 6 nitrogen and oxygen atoms in total. The van der Waals surface area contributed by atoms with Gasteiger partial charge in [0.25, 0.3) is 5.91 Å². The number of likely N-dealkylation sites (N-methyl/N-ethyl adjacent to an activating group) is 1. The van der Waals surface area contributed by atoms with Gasteiger partial charge in [-0.05, 0) is 24.6 Å². The average Bonchev–Trinajstić information content (AvgIpc) is 2.34. The maximum atomic E-state index is 12.0. The maximum Gasteiger partial charge on any atom is 0.252 e. The predicted molar refractivity (Wildman–Crippen MR) is 75.3 cm³/mol. The number of hydrogen-bond donors (Lipinski definition) is 1. The van der Waals surface area contributed by atoms with Crippen LogP contribution in [0.2, 0.25) is 0 Å². The van der Waals surface area contributed by atoms with E-state index in [1.165, 1.54) is 17.0 Å². The van der Waals surface area contributed by atoms with Crippen LogP contribution in [0, 0.1) is 6.92 Å². The Morgan fingerprint density at radius 1 is 1.25 bits per heavy atom. The van der Waals surface area contributed by atoms with E-state index in [0.29, 0.717) is 5.56 Å². The first-order valence-corrected chi connectivity index (χ1v) is 7.81. The summed E-state index contributed by atoms with van der Waals surface area (Å²) in [6, 6.07) is 4.34. The molecule has 110 valence electrons. The largest absolute Gasteiger partial charge is 0.347 e. The monoisotopic (exact) mass is 298 g/mol. The zero-order chi connectivity index (χ0) is 15.5. The molecular formula is C13H18N2O4S. The van der Waals surface area contributed by atoms with Gasteiger partial charge in [0.15, 0.2) is 9.84 Å². The van der Waals surface area contributed by atoms with Crippen LogP contribution in [0.3, 0.4) is 0 Å². The van der Waals surface area contributed by atoms with E-state index in [-0.39, 0.29) is 22.9 Å². The highest BCUT2D eigenvalue weighted by Gasteiger charge is 2.15. The highest BCUT2D eigenvalue weighted by molar-refractivity contribution is 7.90. The molecule has 0 atom stereocenters. The fourth-order valence-electron chi connectivity index (χ4n) is 1.49. The summed E-state index contributed by atoms with van der Waals surface area (Å²) in [4.78, 5) is 24.8. The van der Waals surface area contributed by atoms with Gasteiger partial charge in [-0.3, -0.25) is 9.59 Å². The number of nitrogens with one attached hydrogen (secondary N) is 1. The van der Waals surface area contributed by atoms with Gasteiger partial charge in [-0.15, -0.1) is 0 Å². The van der Waals surface area contributed by atoms with Gasteiger partial charge in [0.05, 0.1) is 11.4 Å². The van der Waals surface area contributed by atoms with Crippen molar-refractivity contribution in [3.8, 4) is 0 Å². The minimum Gasteiger partial charge on any atom is -0.347 e. The first-order chi connectivity index (χ1) is 9.12. The van der Waals surface area contributed by atoms with Crippen molar-refractivity contribution in [2.24, 2.45) is 0 Å². The number of rotatable bonds is 4. The van der Waals surface area contributed by atoms with E-state index < -0.39 is 15.7 Å². The van der Waals surface area contributed by atoms with E-state index in [2.05, 4.69) is 5.32 Å². The molecule has 0 spiro atoms. The lowest BCUT2D eigenvalue weighted by Gasteiger charge is -2.12. The normalized spacial score (nSPS) is 11.0. The van der Waals surface area contributed by atoms with E-state index in [9.17, 15) is 18.0 Å². The molecule has 0 aliphatic rings. The van der Waals surface area contributed by atoms with Gasteiger partial charge < -0.3 is 10.2 Å². The molecule has 0 fully saturated rings. The molecule has 0 radical (unpaired) electrons. The minimum absolute atomic E-state index is 0.0761. The third kappa shape index (κ3) is 4.06. The smallest absolute Gasteiger partial charge is 0.252 e. The van der Waals surface area contributed by atoms with E-state index in [1.807, 2.05) is 0 Å². The highest BCUT2D eigenvalue weighted by Crippen LogP contribution is 2.15. The van der Waals surface area contributed by atoms with Gasteiger partial charge in [0, 0.05) is 25.9 Å². The quantitative estimate of drug-likeness (QED) is 0.861. The third-order valence-electron chi connectivity index (χ3n) is 2.78. The van der Waals surface area contributed by atoms with E-state index >= 15 is 0 Å². The summed E-state index contributed by atoms with van der Waals surface area (Å²) in [5, 5.41) is 2.47. The summed E-state index contributed by atoms with van der Waals surface area (Å²) in [5.74, 6) is -0.710. The zero-order valence-corrected chi connectivity index (χ0v) is 12.7. The topological polar surface area (TPSA) is 83.5 Å². The van der Waals surface area contributed by atoms with Crippen molar-refractivity contribution in [3.63, 3.8) is 0 Å². The molecule has 0 aromatic heterocycles. The Kier molecular flexibility index (Phi) is 4.88. The standard InChI is InChI=1S/C13H18N2O4S/c1-9-5-6-10(20(4,18)19)7-11(9)13(17)14-8-12(16)15(2)3/h5-7H,8H2,1-4H3,(H,14,17). The van der Waals surface area contributed by atoms with Crippen molar-refractivity contribution in [2.75, 3.05) is 26.9 Å². The summed E-state index contributed by atoms with van der Waals surface area (Å²) in [6.07, 6.45) is 1.08. The Morgan fingerprint density at radius 2 is 1.85 bits per heavy atom. The number of nitrogens with zero attached hydrogens (tertiary/aromatic N) is 1. The Morgan fingerprint density at radius 3 is 2.35 bits per heavy atom. The van der Waals surface area contributed by atoms with Crippen LogP contribution in [0.1, 0.15) is 15.9 Å². The number of sulfone groups is 1. The summed E-state index contributed by atoms with van der Waals surface area (Å²) < 4.78 is 23.0. The number of aryl methyl sites for hydroxylation is 1. The molecule has 2 amide bonds. The number of hydrogen-bond acceptors (Lipinski definition) is 4. The Labute approximate surface area is 118 Å². The molecule has 0 unspecified atom stereocenters. The number of carbonyl (C=O) groups is 2. The molecule has 1 aromatic rings. The Balaban J connectivity index is 2.96. The van der Waals surface area contributed by atoms with Gasteiger partial charge in [-0.1, -0.05) is 6.07 Å². The van der Waals surface area contributed by atoms with Crippen molar-refractivity contribution < 1.29 is 18.0 Å². The molecule has 1 aromatic carbocycles. The molecule has 0 aliphatic heterocycles. The van der Waals surface area contributed by atoms with Crippen LogP contribution in [0.15, 0.2) is 23.1 Å². The van der Waals surface area contributed by atoms with Crippen molar-refractivity contribution in [3.05, 3.63) is 29.3 Å². The van der Waals surface area contributed by atoms with E-state index in [4.69, 9.17) is 0 Å². The summed E-state index contributed by atoms with van der Waals surface area (Å²) in [5.41, 5.74) is 0.895. The fraction of sp³-hybridized carbons (Fsp3) is 0.385. The second kappa shape index (κ2) is 6.04.